The van der Waals surface area contributed by atoms with Crippen LogP contribution in [0.15, 0.2) is 42.5 Å². The molecule has 6 heteroatoms. The lowest BCUT2D eigenvalue weighted by Gasteiger charge is -2.12. The van der Waals surface area contributed by atoms with Crippen molar-refractivity contribution in [2.45, 2.75) is 6.92 Å². The molecular weight excluding hydrogens is 328 g/mol. The molecule has 0 fully saturated rings. The van der Waals surface area contributed by atoms with Crippen molar-refractivity contribution in [3.8, 4) is 5.75 Å². The van der Waals surface area contributed by atoms with Crippen LogP contribution in [0.5, 0.6) is 5.75 Å². The van der Waals surface area contributed by atoms with Gasteiger partial charge in [-0.15, -0.1) is 0 Å². The van der Waals surface area contributed by atoms with Gasteiger partial charge in [0.15, 0.2) is 0 Å². The molecule has 2 aromatic carbocycles. The first-order valence-corrected chi connectivity index (χ1v) is 7.98. The van der Waals surface area contributed by atoms with E-state index in [1.54, 1.807) is 13.2 Å². The quantitative estimate of drug-likeness (QED) is 0.714. The van der Waals surface area contributed by atoms with Gasteiger partial charge in [-0.25, -0.2) is 0 Å². The van der Waals surface area contributed by atoms with Crippen LogP contribution in [0.25, 0.3) is 0 Å². The number of methoxy groups -OCH3 is 1. The molecule has 0 radical (unpaired) electrons. The lowest BCUT2D eigenvalue weighted by atomic mass is 10.2. The van der Waals surface area contributed by atoms with Crippen LogP contribution in [0.4, 0.5) is 11.4 Å². The van der Waals surface area contributed by atoms with Crippen molar-refractivity contribution in [2.75, 3.05) is 37.5 Å². The van der Waals surface area contributed by atoms with Crippen molar-refractivity contribution >= 4 is 28.9 Å². The molecule has 0 saturated heterocycles. The number of carbonyl (C=O) groups excluding carboxylic acids is 1. The summed E-state index contributed by atoms with van der Waals surface area (Å²) in [6.45, 7) is 3.03. The maximum atomic E-state index is 12.1. The van der Waals surface area contributed by atoms with E-state index in [1.807, 2.05) is 43.3 Å². The monoisotopic (exact) mass is 348 g/mol. The van der Waals surface area contributed by atoms with Gasteiger partial charge in [0.2, 0.25) is 5.91 Å². The van der Waals surface area contributed by atoms with Gasteiger partial charge in [-0.1, -0.05) is 23.7 Å². The summed E-state index contributed by atoms with van der Waals surface area (Å²) in [5.74, 6) is 0.534. The van der Waals surface area contributed by atoms with E-state index in [1.165, 1.54) is 0 Å². The highest BCUT2D eigenvalue weighted by molar-refractivity contribution is 6.31. The van der Waals surface area contributed by atoms with Gasteiger partial charge in [-0.3, -0.25) is 4.79 Å². The predicted octanol–water partition coefficient (Wildman–Crippen LogP) is 3.72. The van der Waals surface area contributed by atoms with Gasteiger partial charge >= 0.3 is 0 Å². The average molecular weight is 349 g/mol. The minimum Gasteiger partial charge on any atom is -0.491 e. The minimum absolute atomic E-state index is 0.149. The lowest BCUT2D eigenvalue weighted by molar-refractivity contribution is -0.114. The van der Waals surface area contributed by atoms with Crippen LogP contribution in [0.3, 0.4) is 0 Å². The minimum atomic E-state index is -0.150. The van der Waals surface area contributed by atoms with Gasteiger partial charge in [-0.05, 0) is 36.8 Å². The second-order valence-corrected chi connectivity index (χ2v) is 5.59. The van der Waals surface area contributed by atoms with E-state index < -0.39 is 0 Å². The number of rotatable bonds is 8. The summed E-state index contributed by atoms with van der Waals surface area (Å²) in [6.07, 6.45) is 0. The van der Waals surface area contributed by atoms with E-state index in [2.05, 4.69) is 10.6 Å². The number of halogens is 1. The Labute approximate surface area is 146 Å². The first kappa shape index (κ1) is 18.1. The van der Waals surface area contributed by atoms with E-state index in [0.29, 0.717) is 29.7 Å². The third kappa shape index (κ3) is 5.44. The summed E-state index contributed by atoms with van der Waals surface area (Å²) in [5, 5.41) is 6.59. The molecule has 0 bridgehead atoms. The van der Waals surface area contributed by atoms with E-state index in [-0.39, 0.29) is 12.5 Å². The Bertz CT molecular complexity index is 692. The number of benzene rings is 2. The molecule has 0 aliphatic heterocycles. The number of hydrogen-bond donors (Lipinski definition) is 2. The first-order chi connectivity index (χ1) is 11.6. The number of amides is 1. The van der Waals surface area contributed by atoms with Crippen LogP contribution in [-0.2, 0) is 9.53 Å². The molecule has 128 valence electrons. The topological polar surface area (TPSA) is 59.6 Å². The van der Waals surface area contributed by atoms with Crippen molar-refractivity contribution in [1.82, 2.24) is 0 Å². The molecule has 0 spiro atoms. The van der Waals surface area contributed by atoms with Crippen molar-refractivity contribution < 1.29 is 14.3 Å². The molecule has 24 heavy (non-hydrogen) atoms. The lowest BCUT2D eigenvalue weighted by Crippen LogP contribution is -2.22. The largest absolute Gasteiger partial charge is 0.491 e. The molecule has 0 saturated carbocycles. The Hall–Kier alpha value is -2.24. The number of anilines is 2. The summed E-state index contributed by atoms with van der Waals surface area (Å²) < 4.78 is 10.5. The molecular formula is C18H21ClN2O3. The van der Waals surface area contributed by atoms with Crippen LogP contribution < -0.4 is 15.4 Å². The molecule has 2 N–H and O–H groups in total. The molecule has 0 heterocycles. The van der Waals surface area contributed by atoms with Gasteiger partial charge < -0.3 is 20.1 Å². The molecule has 0 aliphatic carbocycles. The van der Waals surface area contributed by atoms with Crippen LogP contribution in [-0.4, -0.2) is 32.8 Å². The van der Waals surface area contributed by atoms with Crippen molar-refractivity contribution in [2.24, 2.45) is 0 Å². The summed E-state index contributed by atoms with van der Waals surface area (Å²) >= 11 is 6.07. The van der Waals surface area contributed by atoms with Gasteiger partial charge in [0.25, 0.3) is 0 Å². The smallest absolute Gasteiger partial charge is 0.243 e. The van der Waals surface area contributed by atoms with E-state index in [0.717, 1.165) is 11.3 Å². The molecule has 0 aromatic heterocycles. The normalized spacial score (nSPS) is 10.3. The second kappa shape index (κ2) is 9.15. The highest BCUT2D eigenvalue weighted by Gasteiger charge is 2.06. The van der Waals surface area contributed by atoms with Gasteiger partial charge in [0.05, 0.1) is 13.2 Å². The van der Waals surface area contributed by atoms with E-state index in [4.69, 9.17) is 21.1 Å². The molecule has 0 unspecified atom stereocenters. The third-order valence-electron chi connectivity index (χ3n) is 3.38. The molecule has 0 atom stereocenters. The zero-order valence-corrected chi connectivity index (χ0v) is 14.5. The summed E-state index contributed by atoms with van der Waals surface area (Å²) in [5.41, 5.74) is 2.44. The summed E-state index contributed by atoms with van der Waals surface area (Å²) in [7, 11) is 1.62. The first-order valence-electron chi connectivity index (χ1n) is 7.61. The maximum Gasteiger partial charge on any atom is 0.243 e. The highest BCUT2D eigenvalue weighted by atomic mass is 35.5. The SMILES string of the molecule is COCCOc1cccc(NC(=O)CNc2cccc(Cl)c2C)c1. The Morgan fingerprint density at radius 3 is 2.75 bits per heavy atom. The Kier molecular flexibility index (Phi) is 6.90. The maximum absolute atomic E-state index is 12.1. The average Bonchev–Trinajstić information content (AvgIpc) is 2.57. The van der Waals surface area contributed by atoms with Crippen LogP contribution in [0, 0.1) is 6.92 Å². The van der Waals surface area contributed by atoms with Crippen LogP contribution in [0.2, 0.25) is 5.02 Å². The molecule has 5 nitrogen and oxygen atoms in total. The number of carbonyl (C=O) groups is 1. The zero-order valence-electron chi connectivity index (χ0n) is 13.8. The van der Waals surface area contributed by atoms with Gasteiger partial charge in [0, 0.05) is 29.6 Å². The highest BCUT2D eigenvalue weighted by Crippen LogP contribution is 2.22. The van der Waals surface area contributed by atoms with Crippen LogP contribution in [0.1, 0.15) is 5.56 Å². The molecule has 0 aliphatic rings. The van der Waals surface area contributed by atoms with E-state index in [9.17, 15) is 4.79 Å². The Morgan fingerprint density at radius 2 is 1.96 bits per heavy atom. The number of ether oxygens (including phenoxy) is 2. The van der Waals surface area contributed by atoms with E-state index >= 15 is 0 Å². The van der Waals surface area contributed by atoms with Crippen LogP contribution >= 0.6 is 11.6 Å². The fraction of sp³-hybridized carbons (Fsp3) is 0.278. The zero-order chi connectivity index (χ0) is 17.4. The fourth-order valence-electron chi connectivity index (χ4n) is 2.09. The Morgan fingerprint density at radius 1 is 1.17 bits per heavy atom. The number of nitrogens with one attached hydrogen (secondary N) is 2. The third-order valence-corrected chi connectivity index (χ3v) is 3.79. The van der Waals surface area contributed by atoms with Gasteiger partial charge in [0.1, 0.15) is 12.4 Å². The Balaban J connectivity index is 1.88. The number of hydrogen-bond acceptors (Lipinski definition) is 4. The van der Waals surface area contributed by atoms with Crippen molar-refractivity contribution in [3.63, 3.8) is 0 Å². The second-order valence-electron chi connectivity index (χ2n) is 5.18. The molecule has 2 aromatic rings. The standard InChI is InChI=1S/C18H21ClN2O3/c1-13-16(19)7-4-8-17(13)20-12-18(22)21-14-5-3-6-15(11-14)24-10-9-23-2/h3-8,11,20H,9-10,12H2,1-2H3,(H,21,22). The molecule has 2 rings (SSSR count). The van der Waals surface area contributed by atoms with Crippen molar-refractivity contribution in [3.05, 3.63) is 53.1 Å². The summed E-state index contributed by atoms with van der Waals surface area (Å²) in [6, 6.07) is 12.8. The molecule has 1 amide bonds. The summed E-state index contributed by atoms with van der Waals surface area (Å²) in [4.78, 5) is 12.1. The van der Waals surface area contributed by atoms with Gasteiger partial charge in [-0.2, -0.15) is 0 Å². The van der Waals surface area contributed by atoms with Crippen molar-refractivity contribution in [1.29, 1.82) is 0 Å². The fourth-order valence-corrected chi connectivity index (χ4v) is 2.26. The predicted molar refractivity (Wildman–Crippen MR) is 97.1 cm³/mol.